The van der Waals surface area contributed by atoms with E-state index in [2.05, 4.69) is 11.4 Å². The second-order valence-corrected chi connectivity index (χ2v) is 7.66. The summed E-state index contributed by atoms with van der Waals surface area (Å²) in [6.45, 7) is 0. The number of methoxy groups -OCH3 is 3. The standard InChI is InChI=1S/C24H21NO4S/c1-27-20-14-22(29-3)21(28-2)13-16(20)8-10-19(26)15-9-11-24-18(12-15)25-17-6-4-5-7-23(17)30-24/h4-14,25H,1-3H3/b10-8+. The van der Waals surface area contributed by atoms with Crippen LogP contribution in [0.3, 0.4) is 0 Å². The molecule has 1 aliphatic heterocycles. The third-order valence-corrected chi connectivity index (χ3v) is 5.94. The van der Waals surface area contributed by atoms with Gasteiger partial charge in [-0.15, -0.1) is 0 Å². The molecule has 0 atom stereocenters. The molecule has 152 valence electrons. The summed E-state index contributed by atoms with van der Waals surface area (Å²) in [6.07, 6.45) is 3.26. The van der Waals surface area contributed by atoms with Gasteiger partial charge in [-0.2, -0.15) is 0 Å². The Kier molecular flexibility index (Phi) is 5.68. The van der Waals surface area contributed by atoms with Crippen LogP contribution in [0.25, 0.3) is 6.08 Å². The molecule has 0 aromatic heterocycles. The average Bonchev–Trinajstić information content (AvgIpc) is 2.80. The van der Waals surface area contributed by atoms with Crippen LogP contribution in [0.1, 0.15) is 15.9 Å². The van der Waals surface area contributed by atoms with Gasteiger partial charge in [0.1, 0.15) is 5.75 Å². The number of hydrogen-bond acceptors (Lipinski definition) is 6. The zero-order chi connectivity index (χ0) is 21.1. The summed E-state index contributed by atoms with van der Waals surface area (Å²) in [4.78, 5) is 15.1. The number of rotatable bonds is 6. The first kappa shape index (κ1) is 19.9. The van der Waals surface area contributed by atoms with E-state index in [-0.39, 0.29) is 5.78 Å². The molecule has 1 heterocycles. The zero-order valence-electron chi connectivity index (χ0n) is 16.9. The summed E-state index contributed by atoms with van der Waals surface area (Å²) in [6, 6.07) is 17.3. The van der Waals surface area contributed by atoms with Gasteiger partial charge >= 0.3 is 0 Å². The number of hydrogen-bond donors (Lipinski definition) is 1. The lowest BCUT2D eigenvalue weighted by molar-refractivity contribution is 0.104. The predicted octanol–water partition coefficient (Wildman–Crippen LogP) is 5.82. The lowest BCUT2D eigenvalue weighted by Gasteiger charge is -2.20. The number of allylic oxidation sites excluding steroid dienone is 1. The van der Waals surface area contributed by atoms with Crippen LogP contribution >= 0.6 is 11.8 Å². The first-order valence-electron chi connectivity index (χ1n) is 9.33. The summed E-state index contributed by atoms with van der Waals surface area (Å²) >= 11 is 1.69. The second kappa shape index (κ2) is 8.55. The summed E-state index contributed by atoms with van der Waals surface area (Å²) < 4.78 is 16.1. The molecule has 3 aromatic rings. The third kappa shape index (κ3) is 3.86. The van der Waals surface area contributed by atoms with Crippen LogP contribution in [0.15, 0.2) is 70.5 Å². The van der Waals surface area contributed by atoms with E-state index in [0.29, 0.717) is 22.8 Å². The smallest absolute Gasteiger partial charge is 0.185 e. The first-order chi connectivity index (χ1) is 14.6. The highest BCUT2D eigenvalue weighted by Gasteiger charge is 2.17. The van der Waals surface area contributed by atoms with Crippen molar-refractivity contribution in [2.45, 2.75) is 9.79 Å². The van der Waals surface area contributed by atoms with E-state index >= 15 is 0 Å². The minimum Gasteiger partial charge on any atom is -0.496 e. The Morgan fingerprint density at radius 1 is 0.833 bits per heavy atom. The number of para-hydroxylation sites is 1. The van der Waals surface area contributed by atoms with E-state index in [0.717, 1.165) is 21.8 Å². The van der Waals surface area contributed by atoms with Gasteiger partial charge in [0, 0.05) is 27.0 Å². The Bertz CT molecular complexity index is 1140. The minimum atomic E-state index is -0.0969. The van der Waals surface area contributed by atoms with Gasteiger partial charge in [-0.05, 0) is 48.6 Å². The summed E-state index contributed by atoms with van der Waals surface area (Å²) in [5.41, 5.74) is 3.31. The molecule has 0 fully saturated rings. The molecule has 0 unspecified atom stereocenters. The average molecular weight is 420 g/mol. The molecule has 1 aliphatic rings. The minimum absolute atomic E-state index is 0.0969. The predicted molar refractivity (Wildman–Crippen MR) is 120 cm³/mol. The van der Waals surface area contributed by atoms with Crippen LogP contribution < -0.4 is 19.5 Å². The lowest BCUT2D eigenvalue weighted by Crippen LogP contribution is -2.02. The first-order valence-corrected chi connectivity index (χ1v) is 10.1. The highest BCUT2D eigenvalue weighted by atomic mass is 32.2. The normalized spacial score (nSPS) is 12.0. The molecule has 0 amide bonds. The number of ketones is 1. The number of ether oxygens (including phenoxy) is 3. The highest BCUT2D eigenvalue weighted by molar-refractivity contribution is 7.99. The van der Waals surface area contributed by atoms with Crippen molar-refractivity contribution >= 4 is 35.0 Å². The molecule has 0 aliphatic carbocycles. The number of carbonyl (C=O) groups is 1. The molecule has 5 nitrogen and oxygen atoms in total. The van der Waals surface area contributed by atoms with Crippen molar-refractivity contribution in [1.29, 1.82) is 0 Å². The molecule has 3 aromatic carbocycles. The molecule has 6 heteroatoms. The van der Waals surface area contributed by atoms with Crippen molar-refractivity contribution in [3.05, 3.63) is 71.8 Å². The largest absolute Gasteiger partial charge is 0.496 e. The van der Waals surface area contributed by atoms with E-state index in [9.17, 15) is 4.79 Å². The van der Waals surface area contributed by atoms with Crippen molar-refractivity contribution in [3.63, 3.8) is 0 Å². The molecule has 0 radical (unpaired) electrons. The van der Waals surface area contributed by atoms with Gasteiger partial charge in [-0.1, -0.05) is 23.9 Å². The number of anilines is 2. The topological polar surface area (TPSA) is 56.8 Å². The van der Waals surface area contributed by atoms with Crippen molar-refractivity contribution in [1.82, 2.24) is 0 Å². The van der Waals surface area contributed by atoms with Crippen LogP contribution in [-0.4, -0.2) is 27.1 Å². The molecule has 0 saturated carbocycles. The number of fused-ring (bicyclic) bond motifs is 2. The van der Waals surface area contributed by atoms with Crippen molar-refractivity contribution in [2.75, 3.05) is 26.6 Å². The van der Waals surface area contributed by atoms with Gasteiger partial charge in [-0.25, -0.2) is 0 Å². The molecule has 4 rings (SSSR count). The van der Waals surface area contributed by atoms with Crippen LogP contribution in [0.5, 0.6) is 17.2 Å². The quantitative estimate of drug-likeness (QED) is 0.314. The highest BCUT2D eigenvalue weighted by Crippen LogP contribution is 2.44. The van der Waals surface area contributed by atoms with Crippen molar-refractivity contribution in [2.24, 2.45) is 0 Å². The Morgan fingerprint density at radius 2 is 1.53 bits per heavy atom. The van der Waals surface area contributed by atoms with Crippen LogP contribution in [-0.2, 0) is 0 Å². The van der Waals surface area contributed by atoms with Crippen LogP contribution in [0, 0.1) is 0 Å². The van der Waals surface area contributed by atoms with E-state index in [4.69, 9.17) is 14.2 Å². The van der Waals surface area contributed by atoms with Gasteiger partial charge in [-0.3, -0.25) is 4.79 Å². The van der Waals surface area contributed by atoms with Gasteiger partial charge in [0.25, 0.3) is 0 Å². The van der Waals surface area contributed by atoms with Gasteiger partial charge < -0.3 is 19.5 Å². The summed E-state index contributed by atoms with van der Waals surface area (Å²) in [5.74, 6) is 1.63. The summed E-state index contributed by atoms with van der Waals surface area (Å²) in [5, 5.41) is 3.41. The second-order valence-electron chi connectivity index (χ2n) is 6.58. The maximum Gasteiger partial charge on any atom is 0.185 e. The third-order valence-electron chi connectivity index (χ3n) is 4.79. The maximum absolute atomic E-state index is 12.8. The zero-order valence-corrected chi connectivity index (χ0v) is 17.7. The van der Waals surface area contributed by atoms with Crippen LogP contribution in [0.2, 0.25) is 0 Å². The van der Waals surface area contributed by atoms with Crippen molar-refractivity contribution in [3.8, 4) is 17.2 Å². The van der Waals surface area contributed by atoms with Gasteiger partial charge in [0.05, 0.1) is 32.7 Å². The molecule has 0 spiro atoms. The molecule has 0 bridgehead atoms. The van der Waals surface area contributed by atoms with Crippen LogP contribution in [0.4, 0.5) is 11.4 Å². The lowest BCUT2D eigenvalue weighted by atomic mass is 10.1. The Labute approximate surface area is 179 Å². The molecule has 1 N–H and O–H groups in total. The SMILES string of the molecule is COc1cc(OC)c(OC)cc1/C=C/C(=O)c1ccc2c(c1)Nc1ccccc1S2. The maximum atomic E-state index is 12.8. The van der Waals surface area contributed by atoms with Crippen molar-refractivity contribution < 1.29 is 19.0 Å². The Hall–Kier alpha value is -3.38. The Balaban J connectivity index is 1.59. The monoisotopic (exact) mass is 419 g/mol. The fraction of sp³-hybridized carbons (Fsp3) is 0.125. The van der Waals surface area contributed by atoms with E-state index in [1.54, 1.807) is 51.3 Å². The molecule has 0 saturated heterocycles. The fourth-order valence-corrected chi connectivity index (χ4v) is 4.21. The molecular formula is C24H21NO4S. The number of benzene rings is 3. The van der Waals surface area contributed by atoms with Gasteiger partial charge in [0.15, 0.2) is 17.3 Å². The fourth-order valence-electron chi connectivity index (χ4n) is 3.24. The van der Waals surface area contributed by atoms with Gasteiger partial charge in [0.2, 0.25) is 0 Å². The van der Waals surface area contributed by atoms with E-state index in [1.807, 2.05) is 36.4 Å². The van der Waals surface area contributed by atoms with E-state index in [1.165, 1.54) is 11.0 Å². The number of nitrogens with one attached hydrogen (secondary N) is 1. The number of carbonyl (C=O) groups excluding carboxylic acids is 1. The molecule has 30 heavy (non-hydrogen) atoms. The summed E-state index contributed by atoms with van der Waals surface area (Å²) in [7, 11) is 4.71. The Morgan fingerprint density at radius 3 is 2.30 bits per heavy atom. The molecular weight excluding hydrogens is 398 g/mol. The van der Waals surface area contributed by atoms with E-state index < -0.39 is 0 Å².